The molecule has 32 heavy (non-hydrogen) atoms. The topological polar surface area (TPSA) is 59.0 Å². The highest BCUT2D eigenvalue weighted by Crippen LogP contribution is 2.30. The molecular weight excluding hydrogens is 422 g/mol. The van der Waals surface area contributed by atoms with Crippen molar-refractivity contribution in [1.29, 1.82) is 0 Å². The number of β-amino-alcohol motifs (C(OH)–C–C–N with tert-alkyl or cyclic N) is 1. The van der Waals surface area contributed by atoms with Crippen molar-refractivity contribution in [3.05, 3.63) is 65.7 Å². The van der Waals surface area contributed by atoms with Crippen molar-refractivity contribution in [2.24, 2.45) is 0 Å². The number of nitrogens with zero attached hydrogens (tertiary/aromatic N) is 1. The number of rotatable bonds is 8. The zero-order chi connectivity index (χ0) is 23.0. The van der Waals surface area contributed by atoms with Gasteiger partial charge in [0.2, 0.25) is 0 Å². The fraction of sp³-hybridized carbons (Fsp3) is 0.500. The number of carbonyl (C=O) groups excluding carboxylic acids is 1. The first kappa shape index (κ1) is 24.5. The molecule has 5 nitrogen and oxygen atoms in total. The van der Waals surface area contributed by atoms with Gasteiger partial charge in [0.1, 0.15) is 11.4 Å². The summed E-state index contributed by atoms with van der Waals surface area (Å²) in [5.41, 5.74) is 1.90. The first-order valence-corrected chi connectivity index (χ1v) is 12.5. The van der Waals surface area contributed by atoms with E-state index >= 15 is 0 Å². The molecule has 0 spiro atoms. The van der Waals surface area contributed by atoms with Gasteiger partial charge >= 0.3 is 6.09 Å². The van der Waals surface area contributed by atoms with Crippen LogP contribution in [0.3, 0.4) is 0 Å². The predicted octanol–water partition coefficient (Wildman–Crippen LogP) is 5.47. The van der Waals surface area contributed by atoms with Crippen LogP contribution in [0.25, 0.3) is 0 Å². The highest BCUT2D eigenvalue weighted by Gasteiger charge is 2.33. The molecule has 0 aromatic heterocycles. The first-order chi connectivity index (χ1) is 15.3. The second-order valence-corrected chi connectivity index (χ2v) is 10.3. The molecule has 174 valence electrons. The molecule has 1 amide bonds. The van der Waals surface area contributed by atoms with Gasteiger partial charge in [-0.05, 0) is 62.6 Å². The van der Waals surface area contributed by atoms with Crippen LogP contribution in [-0.4, -0.2) is 53.3 Å². The monoisotopic (exact) mass is 457 g/mol. The molecule has 1 fully saturated rings. The molecule has 2 aromatic carbocycles. The largest absolute Gasteiger partial charge is 0.494 e. The SMILES string of the molecule is CC(C)(C)OC(=O)N1CCC(c2ccc(OCCCSCc3ccccc3)cc2)C(O)C1. The summed E-state index contributed by atoms with van der Waals surface area (Å²) < 4.78 is 11.3. The summed E-state index contributed by atoms with van der Waals surface area (Å²) in [6, 6.07) is 18.5. The Kier molecular flexibility index (Phi) is 8.88. The van der Waals surface area contributed by atoms with Crippen molar-refractivity contribution < 1.29 is 19.4 Å². The van der Waals surface area contributed by atoms with Crippen LogP contribution in [0.2, 0.25) is 0 Å². The van der Waals surface area contributed by atoms with E-state index in [9.17, 15) is 9.90 Å². The molecule has 2 aromatic rings. The number of carbonyl (C=O) groups is 1. The fourth-order valence-corrected chi connectivity index (χ4v) is 4.63. The second-order valence-electron chi connectivity index (χ2n) is 9.20. The maximum absolute atomic E-state index is 12.3. The molecule has 1 heterocycles. The van der Waals surface area contributed by atoms with E-state index in [2.05, 4.69) is 24.3 Å². The highest BCUT2D eigenvalue weighted by molar-refractivity contribution is 7.98. The number of aliphatic hydroxyl groups is 1. The van der Waals surface area contributed by atoms with Crippen LogP contribution in [-0.2, 0) is 10.5 Å². The van der Waals surface area contributed by atoms with E-state index in [1.165, 1.54) is 5.56 Å². The molecule has 0 aliphatic carbocycles. The average molecular weight is 458 g/mol. The van der Waals surface area contributed by atoms with Crippen LogP contribution >= 0.6 is 11.8 Å². The number of aliphatic hydroxyl groups excluding tert-OH is 1. The standard InChI is InChI=1S/C26H35NO4S/c1-26(2,3)31-25(29)27-15-14-23(24(28)18-27)21-10-12-22(13-11-21)30-16-7-17-32-19-20-8-5-4-6-9-20/h4-6,8-13,23-24,28H,7,14-19H2,1-3H3. The lowest BCUT2D eigenvalue weighted by Crippen LogP contribution is -2.47. The van der Waals surface area contributed by atoms with Crippen molar-refractivity contribution >= 4 is 17.9 Å². The molecule has 2 unspecified atom stereocenters. The van der Waals surface area contributed by atoms with Gasteiger partial charge in [0.05, 0.1) is 19.3 Å². The lowest BCUT2D eigenvalue weighted by atomic mass is 9.87. The summed E-state index contributed by atoms with van der Waals surface area (Å²) >= 11 is 1.92. The van der Waals surface area contributed by atoms with Gasteiger partial charge in [-0.1, -0.05) is 42.5 Å². The minimum atomic E-state index is -0.607. The minimum Gasteiger partial charge on any atom is -0.494 e. The Morgan fingerprint density at radius 1 is 1.12 bits per heavy atom. The van der Waals surface area contributed by atoms with E-state index < -0.39 is 11.7 Å². The summed E-state index contributed by atoms with van der Waals surface area (Å²) in [6.45, 7) is 7.11. The lowest BCUT2D eigenvalue weighted by Gasteiger charge is -2.36. The molecule has 1 aliphatic rings. The zero-order valence-electron chi connectivity index (χ0n) is 19.3. The number of amides is 1. The highest BCUT2D eigenvalue weighted by atomic mass is 32.2. The minimum absolute atomic E-state index is 0.0112. The quantitative estimate of drug-likeness (QED) is 0.532. The van der Waals surface area contributed by atoms with E-state index in [0.717, 1.165) is 29.2 Å². The number of hydrogen-bond acceptors (Lipinski definition) is 5. The van der Waals surface area contributed by atoms with Gasteiger partial charge in [-0.3, -0.25) is 0 Å². The molecule has 3 rings (SSSR count). The zero-order valence-corrected chi connectivity index (χ0v) is 20.1. The Balaban J connectivity index is 1.38. The summed E-state index contributed by atoms with van der Waals surface area (Å²) in [5, 5.41) is 10.6. The van der Waals surface area contributed by atoms with Crippen LogP contribution in [0.4, 0.5) is 4.79 Å². The second kappa shape index (κ2) is 11.6. The molecular formula is C26H35NO4S. The summed E-state index contributed by atoms with van der Waals surface area (Å²) in [5.74, 6) is 2.96. The molecule has 1 N–H and O–H groups in total. The third-order valence-electron chi connectivity index (χ3n) is 5.36. The third kappa shape index (κ3) is 7.75. The Bertz CT molecular complexity index is 835. The predicted molar refractivity (Wildman–Crippen MR) is 130 cm³/mol. The van der Waals surface area contributed by atoms with Crippen molar-refractivity contribution in [1.82, 2.24) is 4.90 Å². The van der Waals surface area contributed by atoms with Crippen LogP contribution < -0.4 is 4.74 Å². The Hall–Kier alpha value is -2.18. The lowest BCUT2D eigenvalue weighted by molar-refractivity contribution is -0.00152. The number of thioether (sulfide) groups is 1. The van der Waals surface area contributed by atoms with Gasteiger partial charge in [0.15, 0.2) is 0 Å². The Morgan fingerprint density at radius 2 is 1.84 bits per heavy atom. The maximum atomic E-state index is 12.3. The van der Waals surface area contributed by atoms with Gasteiger partial charge in [-0.2, -0.15) is 11.8 Å². The summed E-state index contributed by atoms with van der Waals surface area (Å²) in [4.78, 5) is 13.9. The molecule has 6 heteroatoms. The van der Waals surface area contributed by atoms with Gasteiger partial charge < -0.3 is 19.5 Å². The smallest absolute Gasteiger partial charge is 0.410 e. The molecule has 0 saturated carbocycles. The van der Waals surface area contributed by atoms with E-state index in [1.54, 1.807) is 4.90 Å². The molecule has 0 radical (unpaired) electrons. The number of piperidine rings is 1. The van der Waals surface area contributed by atoms with Crippen molar-refractivity contribution in [3.8, 4) is 5.75 Å². The number of likely N-dealkylation sites (tertiary alicyclic amines) is 1. The van der Waals surface area contributed by atoms with E-state index in [0.29, 0.717) is 26.1 Å². The van der Waals surface area contributed by atoms with Crippen LogP contribution in [0.1, 0.15) is 50.7 Å². The summed E-state index contributed by atoms with van der Waals surface area (Å²) in [7, 11) is 0. The Labute approximate surface area is 196 Å². The molecule has 0 bridgehead atoms. The van der Waals surface area contributed by atoms with Crippen molar-refractivity contribution in [2.45, 2.75) is 57.0 Å². The van der Waals surface area contributed by atoms with Gasteiger partial charge in [-0.25, -0.2) is 4.79 Å². The van der Waals surface area contributed by atoms with Gasteiger partial charge in [0, 0.05) is 18.2 Å². The summed E-state index contributed by atoms with van der Waals surface area (Å²) in [6.07, 6.45) is 0.741. The van der Waals surface area contributed by atoms with Crippen molar-refractivity contribution in [2.75, 3.05) is 25.4 Å². The Morgan fingerprint density at radius 3 is 2.50 bits per heavy atom. The van der Waals surface area contributed by atoms with E-state index in [4.69, 9.17) is 9.47 Å². The number of hydrogen-bond donors (Lipinski definition) is 1. The van der Waals surface area contributed by atoms with Gasteiger partial charge in [0.25, 0.3) is 0 Å². The van der Waals surface area contributed by atoms with E-state index in [-0.39, 0.29) is 12.0 Å². The van der Waals surface area contributed by atoms with E-state index in [1.807, 2.05) is 62.9 Å². The normalized spacial score (nSPS) is 18.9. The molecule has 2 atom stereocenters. The van der Waals surface area contributed by atoms with Crippen LogP contribution in [0.5, 0.6) is 5.75 Å². The molecule has 1 saturated heterocycles. The number of ether oxygens (including phenoxy) is 2. The van der Waals surface area contributed by atoms with Gasteiger partial charge in [-0.15, -0.1) is 0 Å². The maximum Gasteiger partial charge on any atom is 0.410 e. The molecule has 1 aliphatic heterocycles. The number of benzene rings is 2. The van der Waals surface area contributed by atoms with Crippen LogP contribution in [0.15, 0.2) is 54.6 Å². The van der Waals surface area contributed by atoms with Crippen LogP contribution in [0, 0.1) is 0 Å². The fourth-order valence-electron chi connectivity index (χ4n) is 3.74. The third-order valence-corrected chi connectivity index (χ3v) is 6.47. The van der Waals surface area contributed by atoms with Crippen molar-refractivity contribution in [3.63, 3.8) is 0 Å². The first-order valence-electron chi connectivity index (χ1n) is 11.3. The average Bonchev–Trinajstić information content (AvgIpc) is 2.76.